The molecule has 2 fully saturated rings. The summed E-state index contributed by atoms with van der Waals surface area (Å²) in [6, 6.07) is 3.20. The Labute approximate surface area is 132 Å². The van der Waals surface area contributed by atoms with Gasteiger partial charge in [0.2, 0.25) is 0 Å². The summed E-state index contributed by atoms with van der Waals surface area (Å²) >= 11 is 12.1. The molecule has 8 heteroatoms. The monoisotopic (exact) mass is 330 g/mol. The number of hydrogen-bond donors (Lipinski definition) is 0. The molecule has 2 aliphatic rings. The zero-order chi connectivity index (χ0) is 15.0. The van der Waals surface area contributed by atoms with Crippen molar-refractivity contribution in [3.8, 4) is 0 Å². The first-order valence-electron chi connectivity index (χ1n) is 6.91. The van der Waals surface area contributed by atoms with Crippen LogP contribution in [-0.4, -0.2) is 51.9 Å². The van der Waals surface area contributed by atoms with E-state index in [1.54, 1.807) is 12.3 Å². The molecule has 1 saturated heterocycles. The van der Waals surface area contributed by atoms with Crippen molar-refractivity contribution in [2.24, 2.45) is 5.92 Å². The molecule has 0 N–H and O–H groups in total. The minimum Gasteiger partial charge on any atom is -0.366 e. The van der Waals surface area contributed by atoms with E-state index in [0.717, 1.165) is 44.8 Å². The lowest BCUT2D eigenvalue weighted by Gasteiger charge is -2.35. The molecule has 21 heavy (non-hydrogen) atoms. The SMILES string of the molecule is O=[N+]([O-])c1ccc(N2CCN(CC3CC3(Cl)Cl)CC2)cn1. The van der Waals surface area contributed by atoms with Crippen molar-refractivity contribution in [3.05, 3.63) is 28.4 Å². The fraction of sp³-hybridized carbons (Fsp3) is 0.615. The summed E-state index contributed by atoms with van der Waals surface area (Å²) < 4.78 is -0.514. The lowest BCUT2D eigenvalue weighted by atomic mass is 10.2. The number of nitrogens with zero attached hydrogens (tertiary/aromatic N) is 4. The topological polar surface area (TPSA) is 62.5 Å². The Bertz CT molecular complexity index is 529. The summed E-state index contributed by atoms with van der Waals surface area (Å²) in [7, 11) is 0. The van der Waals surface area contributed by atoms with E-state index in [4.69, 9.17) is 23.2 Å². The molecule has 0 amide bonds. The Morgan fingerprint density at radius 1 is 1.33 bits per heavy atom. The number of rotatable bonds is 4. The lowest BCUT2D eigenvalue weighted by Crippen LogP contribution is -2.47. The van der Waals surface area contributed by atoms with E-state index in [1.807, 2.05) is 0 Å². The van der Waals surface area contributed by atoms with Gasteiger partial charge in [-0.1, -0.05) is 0 Å². The Morgan fingerprint density at radius 3 is 2.48 bits per heavy atom. The van der Waals surface area contributed by atoms with Crippen molar-refractivity contribution in [1.82, 2.24) is 9.88 Å². The van der Waals surface area contributed by atoms with Gasteiger partial charge < -0.3 is 15.0 Å². The fourth-order valence-electron chi connectivity index (χ4n) is 2.64. The van der Waals surface area contributed by atoms with Crippen LogP contribution in [0.25, 0.3) is 0 Å². The summed E-state index contributed by atoms with van der Waals surface area (Å²) in [5.74, 6) is 0.264. The summed E-state index contributed by atoms with van der Waals surface area (Å²) in [6.45, 7) is 4.58. The molecule has 1 aromatic heterocycles. The van der Waals surface area contributed by atoms with Gasteiger partial charge in [-0.25, -0.2) is 0 Å². The van der Waals surface area contributed by atoms with E-state index in [9.17, 15) is 10.1 Å². The highest BCUT2D eigenvalue weighted by molar-refractivity contribution is 6.50. The minimum absolute atomic E-state index is 0.119. The second kappa shape index (κ2) is 5.59. The number of piperazine rings is 1. The smallest absolute Gasteiger partial charge is 0.363 e. The van der Waals surface area contributed by atoms with Gasteiger partial charge in [0.05, 0.1) is 5.69 Å². The Balaban J connectivity index is 1.52. The van der Waals surface area contributed by atoms with Gasteiger partial charge in [-0.2, -0.15) is 0 Å². The highest BCUT2D eigenvalue weighted by Gasteiger charge is 2.52. The van der Waals surface area contributed by atoms with Crippen molar-refractivity contribution in [1.29, 1.82) is 0 Å². The summed E-state index contributed by atoms with van der Waals surface area (Å²) in [6.07, 6.45) is 2.44. The van der Waals surface area contributed by atoms with Gasteiger partial charge in [0.15, 0.2) is 6.20 Å². The molecule has 1 aliphatic heterocycles. The molecular weight excluding hydrogens is 315 g/mol. The van der Waals surface area contributed by atoms with Gasteiger partial charge in [-0.3, -0.25) is 4.90 Å². The van der Waals surface area contributed by atoms with Crippen LogP contribution < -0.4 is 4.90 Å². The second-order valence-electron chi connectivity index (χ2n) is 5.58. The minimum atomic E-state index is -0.514. The third-order valence-electron chi connectivity index (χ3n) is 4.09. The molecule has 1 unspecified atom stereocenters. The van der Waals surface area contributed by atoms with E-state index in [2.05, 4.69) is 14.8 Å². The van der Waals surface area contributed by atoms with E-state index in [1.165, 1.54) is 6.07 Å². The average molecular weight is 331 g/mol. The third-order valence-corrected chi connectivity index (χ3v) is 5.02. The zero-order valence-electron chi connectivity index (χ0n) is 11.4. The van der Waals surface area contributed by atoms with Crippen molar-refractivity contribution in [2.75, 3.05) is 37.6 Å². The van der Waals surface area contributed by atoms with Crippen LogP contribution in [0.15, 0.2) is 18.3 Å². The molecule has 0 bridgehead atoms. The average Bonchev–Trinajstić information content (AvgIpc) is 3.06. The normalized spacial score (nSPS) is 24.9. The Morgan fingerprint density at radius 2 is 2.00 bits per heavy atom. The maximum atomic E-state index is 10.6. The van der Waals surface area contributed by atoms with Gasteiger partial charge in [0.25, 0.3) is 0 Å². The molecule has 6 nitrogen and oxygen atoms in total. The van der Waals surface area contributed by atoms with Crippen LogP contribution in [0.3, 0.4) is 0 Å². The Hall–Kier alpha value is -1.11. The molecule has 1 aromatic rings. The molecule has 2 heterocycles. The molecule has 1 aliphatic carbocycles. The largest absolute Gasteiger partial charge is 0.366 e. The highest BCUT2D eigenvalue weighted by atomic mass is 35.5. The van der Waals surface area contributed by atoms with Crippen LogP contribution in [-0.2, 0) is 0 Å². The molecule has 0 aromatic carbocycles. The third kappa shape index (κ3) is 3.39. The van der Waals surface area contributed by atoms with Gasteiger partial charge >= 0.3 is 5.82 Å². The van der Waals surface area contributed by atoms with Crippen LogP contribution in [0.2, 0.25) is 0 Å². The van der Waals surface area contributed by atoms with Crippen LogP contribution in [0.5, 0.6) is 0 Å². The highest BCUT2D eigenvalue weighted by Crippen LogP contribution is 2.53. The van der Waals surface area contributed by atoms with Gasteiger partial charge in [-0.05, 0) is 22.4 Å². The maximum absolute atomic E-state index is 10.6. The number of anilines is 1. The molecule has 0 radical (unpaired) electrons. The molecule has 1 saturated carbocycles. The number of halogens is 2. The van der Waals surface area contributed by atoms with Crippen molar-refractivity contribution < 1.29 is 4.92 Å². The predicted octanol–water partition coefficient (Wildman–Crippen LogP) is 2.31. The number of pyridine rings is 1. The quantitative estimate of drug-likeness (QED) is 0.481. The zero-order valence-corrected chi connectivity index (χ0v) is 12.9. The molecule has 114 valence electrons. The Kier molecular flexibility index (Phi) is 3.94. The predicted molar refractivity (Wildman–Crippen MR) is 82.1 cm³/mol. The first-order valence-corrected chi connectivity index (χ1v) is 7.67. The first kappa shape index (κ1) is 14.8. The van der Waals surface area contributed by atoms with Crippen molar-refractivity contribution >= 4 is 34.7 Å². The number of alkyl halides is 2. The van der Waals surface area contributed by atoms with E-state index < -0.39 is 9.26 Å². The standard InChI is InChI=1S/C13H16Cl2N4O2/c14-13(15)7-10(13)9-17-3-5-18(6-4-17)11-1-2-12(16-8-11)19(20)21/h1-2,8,10H,3-7,9H2. The number of hydrogen-bond acceptors (Lipinski definition) is 5. The lowest BCUT2D eigenvalue weighted by molar-refractivity contribution is -0.389. The van der Waals surface area contributed by atoms with Crippen molar-refractivity contribution in [2.45, 2.75) is 10.8 Å². The molecule has 1 atom stereocenters. The summed E-state index contributed by atoms with van der Waals surface area (Å²) in [5.41, 5.74) is 0.927. The second-order valence-corrected chi connectivity index (χ2v) is 7.12. The fourth-order valence-corrected chi connectivity index (χ4v) is 3.15. The van der Waals surface area contributed by atoms with E-state index >= 15 is 0 Å². The van der Waals surface area contributed by atoms with Crippen LogP contribution in [0.1, 0.15) is 6.42 Å². The van der Waals surface area contributed by atoms with Crippen LogP contribution in [0, 0.1) is 16.0 Å². The number of nitro groups is 1. The summed E-state index contributed by atoms with van der Waals surface area (Å²) in [5, 5.41) is 10.6. The van der Waals surface area contributed by atoms with Gasteiger partial charge in [-0.15, -0.1) is 23.2 Å². The van der Waals surface area contributed by atoms with Crippen LogP contribution >= 0.6 is 23.2 Å². The molecule has 0 spiro atoms. The molecular formula is C13H16Cl2N4O2. The summed E-state index contributed by atoms with van der Waals surface area (Å²) in [4.78, 5) is 18.5. The maximum Gasteiger partial charge on any atom is 0.363 e. The van der Waals surface area contributed by atoms with Crippen LogP contribution in [0.4, 0.5) is 11.5 Å². The van der Waals surface area contributed by atoms with E-state index in [0.29, 0.717) is 5.92 Å². The number of aromatic nitrogens is 1. The van der Waals surface area contributed by atoms with Gasteiger partial charge in [0.1, 0.15) is 4.33 Å². The van der Waals surface area contributed by atoms with Gasteiger partial charge in [0, 0.05) is 44.7 Å². The molecule has 3 rings (SSSR count). The van der Waals surface area contributed by atoms with Crippen molar-refractivity contribution in [3.63, 3.8) is 0 Å². The first-order chi connectivity index (χ1) is 9.95. The van der Waals surface area contributed by atoms with E-state index in [-0.39, 0.29) is 5.82 Å².